The topological polar surface area (TPSA) is 84.5 Å². The maximum absolute atomic E-state index is 14.9. The van der Waals surface area contributed by atoms with Crippen molar-refractivity contribution in [3.05, 3.63) is 57.4 Å². The van der Waals surface area contributed by atoms with Crippen LogP contribution in [0.15, 0.2) is 29.2 Å². The minimum Gasteiger partial charge on any atom is -0.459 e. The van der Waals surface area contributed by atoms with Gasteiger partial charge in [0.25, 0.3) is 0 Å². The third-order valence-electron chi connectivity index (χ3n) is 5.41. The highest BCUT2D eigenvalue weighted by atomic mass is 35.5. The van der Waals surface area contributed by atoms with Gasteiger partial charge in [0.1, 0.15) is 22.4 Å². The molecule has 0 aromatic heterocycles. The summed E-state index contributed by atoms with van der Waals surface area (Å²) in [4.78, 5) is 13.1. The normalized spacial score (nSPS) is 14.0. The van der Waals surface area contributed by atoms with Crippen LogP contribution < -0.4 is 10.0 Å². The molecule has 2 atom stereocenters. The molecule has 1 unspecified atom stereocenters. The van der Waals surface area contributed by atoms with Gasteiger partial charge >= 0.3 is 5.97 Å². The highest BCUT2D eigenvalue weighted by molar-refractivity contribution is 7.89. The molecule has 182 valence electrons. The molecule has 0 aliphatic rings. The summed E-state index contributed by atoms with van der Waals surface area (Å²) < 4.78 is 49.9. The van der Waals surface area contributed by atoms with Crippen molar-refractivity contribution in [3.63, 3.8) is 0 Å². The summed E-state index contributed by atoms with van der Waals surface area (Å²) in [6.45, 7) is 11.8. The first-order chi connectivity index (χ1) is 15.1. The highest BCUT2D eigenvalue weighted by Crippen LogP contribution is 2.33. The second kappa shape index (κ2) is 9.99. The molecule has 0 saturated carbocycles. The molecule has 0 bridgehead atoms. The molecule has 0 amide bonds. The molecule has 33 heavy (non-hydrogen) atoms. The molecule has 0 saturated heterocycles. The number of carbonyl (C=O) groups is 1. The summed E-state index contributed by atoms with van der Waals surface area (Å²) in [5.74, 6) is -2.16. The lowest BCUT2D eigenvalue weighted by molar-refractivity contribution is -0.157. The Balaban J connectivity index is 2.64. The number of hydrogen-bond donors (Lipinski definition) is 2. The Bertz CT molecular complexity index is 1160. The number of benzene rings is 2. The van der Waals surface area contributed by atoms with E-state index >= 15 is 0 Å². The SMILES string of the molecule is CNc1cc(Cl)cc(C)c1S(=O)(=O)N[C@H](C(=O)OC(C)(C)C)C(C)c1c(F)ccc(C)c1C. The summed E-state index contributed by atoms with van der Waals surface area (Å²) in [6, 6.07) is 4.59. The molecular weight excluding hydrogens is 467 g/mol. The van der Waals surface area contributed by atoms with E-state index in [1.807, 2.05) is 6.92 Å². The van der Waals surface area contributed by atoms with Crippen LogP contribution in [-0.4, -0.2) is 33.1 Å². The Morgan fingerprint density at radius 3 is 2.27 bits per heavy atom. The number of rotatable bonds is 7. The van der Waals surface area contributed by atoms with E-state index in [4.69, 9.17) is 16.3 Å². The van der Waals surface area contributed by atoms with E-state index in [-0.39, 0.29) is 16.1 Å². The van der Waals surface area contributed by atoms with E-state index in [2.05, 4.69) is 10.0 Å². The summed E-state index contributed by atoms with van der Waals surface area (Å²) in [7, 11) is -2.66. The minimum atomic E-state index is -4.23. The quantitative estimate of drug-likeness (QED) is 0.510. The molecule has 2 rings (SSSR count). The molecule has 0 aliphatic heterocycles. The largest absolute Gasteiger partial charge is 0.459 e. The Morgan fingerprint density at radius 2 is 1.73 bits per heavy atom. The number of esters is 1. The number of nitrogens with one attached hydrogen (secondary N) is 2. The van der Waals surface area contributed by atoms with Crippen LogP contribution in [0.2, 0.25) is 5.02 Å². The van der Waals surface area contributed by atoms with Gasteiger partial charge in [0, 0.05) is 18.0 Å². The first kappa shape index (κ1) is 27.1. The van der Waals surface area contributed by atoms with Crippen molar-refractivity contribution in [3.8, 4) is 0 Å². The van der Waals surface area contributed by atoms with Crippen LogP contribution in [-0.2, 0) is 19.6 Å². The number of halogens is 2. The van der Waals surface area contributed by atoms with Crippen molar-refractivity contribution >= 4 is 33.3 Å². The molecular formula is C24H32ClFN2O4S. The fourth-order valence-corrected chi connectivity index (χ4v) is 5.71. The van der Waals surface area contributed by atoms with Gasteiger partial charge in [0.05, 0.1) is 5.69 Å². The lowest BCUT2D eigenvalue weighted by Crippen LogP contribution is -2.47. The summed E-state index contributed by atoms with van der Waals surface area (Å²) in [6.07, 6.45) is 0. The van der Waals surface area contributed by atoms with Crippen LogP contribution >= 0.6 is 11.6 Å². The lowest BCUT2D eigenvalue weighted by Gasteiger charge is -2.29. The molecule has 2 aromatic carbocycles. The minimum absolute atomic E-state index is 0.0448. The van der Waals surface area contributed by atoms with E-state index in [1.54, 1.807) is 54.7 Å². The molecule has 0 heterocycles. The van der Waals surface area contributed by atoms with Crippen LogP contribution in [0.3, 0.4) is 0 Å². The van der Waals surface area contributed by atoms with E-state index < -0.39 is 39.4 Å². The van der Waals surface area contributed by atoms with Crippen molar-refractivity contribution in [2.45, 2.75) is 70.9 Å². The molecule has 2 N–H and O–H groups in total. The summed E-state index contributed by atoms with van der Waals surface area (Å²) in [5, 5.41) is 3.20. The zero-order valence-corrected chi connectivity index (χ0v) is 21.8. The van der Waals surface area contributed by atoms with E-state index in [0.29, 0.717) is 16.1 Å². The predicted octanol–water partition coefficient (Wildman–Crippen LogP) is 5.24. The van der Waals surface area contributed by atoms with Gasteiger partial charge < -0.3 is 10.1 Å². The standard InChI is InChI=1S/C24H32ClFN2O4S/c1-13-9-10-18(26)20(15(13)3)16(4)21(23(29)32-24(5,6)7)28-33(30,31)22-14(2)11-17(25)12-19(22)27-8/h9-12,16,21,27-28H,1-8H3/t16?,21-/m0/s1. The average Bonchev–Trinajstić information content (AvgIpc) is 2.66. The number of carbonyl (C=O) groups excluding carboxylic acids is 1. The maximum atomic E-state index is 14.9. The Hall–Kier alpha value is -2.16. The number of anilines is 1. The first-order valence-corrected chi connectivity index (χ1v) is 12.4. The van der Waals surface area contributed by atoms with Crippen molar-refractivity contribution in [1.29, 1.82) is 0 Å². The Kier molecular flexibility index (Phi) is 8.20. The van der Waals surface area contributed by atoms with Crippen molar-refractivity contribution in [1.82, 2.24) is 4.72 Å². The smallest absolute Gasteiger partial charge is 0.325 e. The first-order valence-electron chi connectivity index (χ1n) is 10.6. The van der Waals surface area contributed by atoms with Crippen LogP contribution in [0, 0.1) is 26.6 Å². The van der Waals surface area contributed by atoms with Gasteiger partial charge in [0.2, 0.25) is 10.0 Å². The number of aryl methyl sites for hydroxylation is 2. The summed E-state index contributed by atoms with van der Waals surface area (Å²) >= 11 is 6.09. The van der Waals surface area contributed by atoms with Crippen LogP contribution in [0.5, 0.6) is 0 Å². The third-order valence-corrected chi connectivity index (χ3v) is 7.27. The van der Waals surface area contributed by atoms with Gasteiger partial charge in [-0.1, -0.05) is 24.6 Å². The van der Waals surface area contributed by atoms with Crippen molar-refractivity contribution in [2.24, 2.45) is 0 Å². The van der Waals surface area contributed by atoms with Gasteiger partial charge in [-0.25, -0.2) is 12.8 Å². The molecule has 9 heteroatoms. The monoisotopic (exact) mass is 498 g/mol. The molecule has 2 aromatic rings. The molecule has 0 radical (unpaired) electrons. The van der Waals surface area contributed by atoms with Gasteiger partial charge in [0.15, 0.2) is 0 Å². The van der Waals surface area contributed by atoms with Gasteiger partial charge in [-0.3, -0.25) is 4.79 Å². The molecule has 6 nitrogen and oxygen atoms in total. The van der Waals surface area contributed by atoms with Gasteiger partial charge in [-0.15, -0.1) is 0 Å². The van der Waals surface area contributed by atoms with E-state index in [0.717, 1.165) is 5.56 Å². The maximum Gasteiger partial charge on any atom is 0.325 e. The van der Waals surface area contributed by atoms with E-state index in [1.165, 1.54) is 18.2 Å². The van der Waals surface area contributed by atoms with Crippen LogP contribution in [0.25, 0.3) is 0 Å². The summed E-state index contributed by atoms with van der Waals surface area (Å²) in [5.41, 5.74) is 1.54. The molecule has 0 spiro atoms. The fourth-order valence-electron chi connectivity index (χ4n) is 3.75. The zero-order chi connectivity index (χ0) is 25.3. The predicted molar refractivity (Wildman–Crippen MR) is 130 cm³/mol. The average molecular weight is 499 g/mol. The number of sulfonamides is 1. The van der Waals surface area contributed by atoms with Crippen LogP contribution in [0.1, 0.15) is 55.9 Å². The van der Waals surface area contributed by atoms with Gasteiger partial charge in [-0.2, -0.15) is 4.72 Å². The Labute approximate surface area is 200 Å². The lowest BCUT2D eigenvalue weighted by atomic mass is 9.88. The van der Waals surface area contributed by atoms with Crippen LogP contribution in [0.4, 0.5) is 10.1 Å². The Morgan fingerprint density at radius 1 is 1.12 bits per heavy atom. The number of ether oxygens (including phenoxy) is 1. The number of hydrogen-bond acceptors (Lipinski definition) is 5. The van der Waals surface area contributed by atoms with Crippen molar-refractivity contribution < 1.29 is 22.3 Å². The zero-order valence-electron chi connectivity index (χ0n) is 20.3. The third kappa shape index (κ3) is 6.25. The highest BCUT2D eigenvalue weighted by Gasteiger charge is 2.37. The molecule has 0 aliphatic carbocycles. The second-order valence-corrected chi connectivity index (χ2v) is 11.3. The fraction of sp³-hybridized carbons (Fsp3) is 0.458. The van der Waals surface area contributed by atoms with E-state index in [9.17, 15) is 17.6 Å². The molecule has 0 fully saturated rings. The van der Waals surface area contributed by atoms with Gasteiger partial charge in [-0.05, 0) is 82.0 Å². The second-order valence-electron chi connectivity index (χ2n) is 9.17. The van der Waals surface area contributed by atoms with Crippen molar-refractivity contribution in [2.75, 3.05) is 12.4 Å².